The van der Waals surface area contributed by atoms with Crippen LogP contribution in [0.3, 0.4) is 0 Å². The lowest BCUT2D eigenvalue weighted by Crippen LogP contribution is -2.57. The molecule has 2 aliphatic rings. The summed E-state index contributed by atoms with van der Waals surface area (Å²) in [5.74, 6) is 0.125. The van der Waals surface area contributed by atoms with E-state index >= 15 is 0 Å². The predicted molar refractivity (Wildman–Crippen MR) is 85.9 cm³/mol. The Morgan fingerprint density at radius 1 is 1.29 bits per heavy atom. The van der Waals surface area contributed by atoms with E-state index < -0.39 is 0 Å². The summed E-state index contributed by atoms with van der Waals surface area (Å²) in [5.41, 5.74) is 3.41. The Hall–Kier alpha value is -1.55. The van der Waals surface area contributed by atoms with Crippen LogP contribution in [0.15, 0.2) is 18.2 Å². The number of fused-ring (bicyclic) bond motifs is 1. The average molecular weight is 287 g/mol. The van der Waals surface area contributed by atoms with Gasteiger partial charge in [0.2, 0.25) is 0 Å². The summed E-state index contributed by atoms with van der Waals surface area (Å²) in [6.45, 7) is 1.79. The van der Waals surface area contributed by atoms with Crippen molar-refractivity contribution in [1.82, 2.24) is 9.80 Å². The van der Waals surface area contributed by atoms with Crippen molar-refractivity contribution < 1.29 is 4.79 Å². The number of rotatable bonds is 4. The summed E-state index contributed by atoms with van der Waals surface area (Å²) in [6, 6.07) is 6.06. The molecule has 0 aromatic heterocycles. The van der Waals surface area contributed by atoms with Gasteiger partial charge < -0.3 is 15.1 Å². The molecule has 3 rings (SSSR count). The van der Waals surface area contributed by atoms with E-state index in [4.69, 9.17) is 0 Å². The van der Waals surface area contributed by atoms with Gasteiger partial charge in [0.1, 0.15) is 0 Å². The van der Waals surface area contributed by atoms with Gasteiger partial charge in [-0.1, -0.05) is 6.07 Å². The Bertz CT molecular complexity index is 549. The molecule has 1 aromatic carbocycles. The molecule has 0 atom stereocenters. The van der Waals surface area contributed by atoms with E-state index in [0.29, 0.717) is 0 Å². The van der Waals surface area contributed by atoms with Crippen molar-refractivity contribution in [3.8, 4) is 0 Å². The molecule has 0 unspecified atom stereocenters. The molecule has 114 valence electrons. The lowest BCUT2D eigenvalue weighted by molar-refractivity contribution is 0.0252. The minimum atomic E-state index is 0.125. The van der Waals surface area contributed by atoms with Crippen molar-refractivity contribution >= 4 is 11.6 Å². The zero-order valence-electron chi connectivity index (χ0n) is 13.3. The van der Waals surface area contributed by atoms with Crippen LogP contribution in [-0.4, -0.2) is 55.5 Å². The largest absolute Gasteiger partial charge is 0.384 e. The van der Waals surface area contributed by atoms with E-state index in [1.54, 1.807) is 0 Å². The van der Waals surface area contributed by atoms with Gasteiger partial charge >= 0.3 is 0 Å². The first-order chi connectivity index (χ1) is 10.0. The number of hydrogen-bond acceptors (Lipinski definition) is 3. The molecule has 21 heavy (non-hydrogen) atoms. The Labute approximate surface area is 127 Å². The fourth-order valence-electron chi connectivity index (χ4n) is 3.49. The molecule has 1 aromatic rings. The highest BCUT2D eigenvalue weighted by Gasteiger charge is 2.40. The van der Waals surface area contributed by atoms with Crippen LogP contribution in [0.25, 0.3) is 0 Å². The van der Waals surface area contributed by atoms with Crippen LogP contribution in [0.2, 0.25) is 0 Å². The summed E-state index contributed by atoms with van der Waals surface area (Å²) in [7, 11) is 6.17. The molecule has 0 saturated heterocycles. The van der Waals surface area contributed by atoms with Crippen molar-refractivity contribution in [3.63, 3.8) is 0 Å². The average Bonchev–Trinajstić information content (AvgIpc) is 2.88. The third-order valence-corrected chi connectivity index (χ3v) is 5.18. The summed E-state index contributed by atoms with van der Waals surface area (Å²) >= 11 is 0. The van der Waals surface area contributed by atoms with Crippen molar-refractivity contribution in [2.24, 2.45) is 0 Å². The highest BCUT2D eigenvalue weighted by molar-refractivity contribution is 5.95. The van der Waals surface area contributed by atoms with Crippen LogP contribution >= 0.6 is 0 Å². The first-order valence-electron chi connectivity index (χ1n) is 7.82. The Kier molecular flexibility index (Phi) is 3.66. The number of anilines is 1. The van der Waals surface area contributed by atoms with E-state index in [2.05, 4.69) is 30.4 Å². The van der Waals surface area contributed by atoms with Gasteiger partial charge in [0.15, 0.2) is 0 Å². The smallest absolute Gasteiger partial charge is 0.253 e. The van der Waals surface area contributed by atoms with E-state index in [-0.39, 0.29) is 11.4 Å². The van der Waals surface area contributed by atoms with Crippen LogP contribution in [-0.2, 0) is 6.42 Å². The lowest BCUT2D eigenvalue weighted by Gasteiger charge is -2.49. The monoisotopic (exact) mass is 287 g/mol. The second-order valence-corrected chi connectivity index (χ2v) is 6.68. The number of nitrogens with one attached hydrogen (secondary N) is 1. The maximum absolute atomic E-state index is 12.7. The lowest BCUT2D eigenvalue weighted by atomic mass is 9.75. The van der Waals surface area contributed by atoms with Crippen molar-refractivity contribution in [2.45, 2.75) is 31.2 Å². The summed E-state index contributed by atoms with van der Waals surface area (Å²) in [6.07, 6.45) is 4.69. The summed E-state index contributed by atoms with van der Waals surface area (Å²) in [5, 5.41) is 3.34. The van der Waals surface area contributed by atoms with Crippen molar-refractivity contribution in [3.05, 3.63) is 29.3 Å². The first-order valence-corrected chi connectivity index (χ1v) is 7.82. The molecule has 0 spiro atoms. The maximum Gasteiger partial charge on any atom is 0.253 e. The van der Waals surface area contributed by atoms with E-state index in [9.17, 15) is 4.79 Å². The molecule has 1 N–H and O–H groups in total. The van der Waals surface area contributed by atoms with Crippen LogP contribution in [0, 0.1) is 0 Å². The van der Waals surface area contributed by atoms with Crippen LogP contribution in [0.5, 0.6) is 0 Å². The first kappa shape index (κ1) is 14.4. The zero-order valence-corrected chi connectivity index (χ0v) is 13.3. The highest BCUT2D eigenvalue weighted by Crippen LogP contribution is 2.37. The van der Waals surface area contributed by atoms with Gasteiger partial charge in [0, 0.05) is 36.9 Å². The standard InChI is InChI=1S/C17H25N3O/c1-19(2)17(8-4-9-17)12-20(3)16(21)14-6-5-13-7-10-18-15(13)11-14/h5-6,11,18H,4,7-10,12H2,1-3H3. The second kappa shape index (κ2) is 5.34. The van der Waals surface area contributed by atoms with E-state index in [0.717, 1.165) is 30.8 Å². The normalized spacial score (nSPS) is 18.9. The molecule has 1 amide bonds. The van der Waals surface area contributed by atoms with Gasteiger partial charge in [0.25, 0.3) is 5.91 Å². The number of nitrogens with zero attached hydrogens (tertiary/aromatic N) is 2. The number of likely N-dealkylation sites (N-methyl/N-ethyl adjacent to an activating group) is 2. The zero-order chi connectivity index (χ0) is 15.0. The molecule has 0 radical (unpaired) electrons. The molecule has 1 heterocycles. The molecule has 0 bridgehead atoms. The minimum absolute atomic E-state index is 0.125. The van der Waals surface area contributed by atoms with Crippen molar-refractivity contribution in [2.75, 3.05) is 39.5 Å². The molecular weight excluding hydrogens is 262 g/mol. The number of carbonyl (C=O) groups excluding carboxylic acids is 1. The van der Waals surface area contributed by atoms with Gasteiger partial charge in [0.05, 0.1) is 0 Å². The molecule has 1 aliphatic carbocycles. The number of amides is 1. The highest BCUT2D eigenvalue weighted by atomic mass is 16.2. The third kappa shape index (κ3) is 2.53. The fraction of sp³-hybridized carbons (Fsp3) is 0.588. The SMILES string of the molecule is CN(CC1(N(C)C)CCC1)C(=O)c1ccc2c(c1)NCC2. The molecular formula is C17H25N3O. The molecule has 4 heteroatoms. The van der Waals surface area contributed by atoms with Gasteiger partial charge in [-0.25, -0.2) is 0 Å². The summed E-state index contributed by atoms with van der Waals surface area (Å²) < 4.78 is 0. The second-order valence-electron chi connectivity index (χ2n) is 6.68. The molecule has 1 fully saturated rings. The minimum Gasteiger partial charge on any atom is -0.384 e. The van der Waals surface area contributed by atoms with E-state index in [1.807, 2.05) is 24.1 Å². The maximum atomic E-state index is 12.7. The Balaban J connectivity index is 1.72. The molecule has 1 aliphatic heterocycles. The van der Waals surface area contributed by atoms with Gasteiger partial charge in [-0.2, -0.15) is 0 Å². The quantitative estimate of drug-likeness (QED) is 0.922. The third-order valence-electron chi connectivity index (χ3n) is 5.18. The van der Waals surface area contributed by atoms with Crippen molar-refractivity contribution in [1.29, 1.82) is 0 Å². The van der Waals surface area contributed by atoms with Crippen LogP contribution in [0.1, 0.15) is 35.2 Å². The fourth-order valence-corrected chi connectivity index (χ4v) is 3.49. The number of carbonyl (C=O) groups is 1. The molecule has 4 nitrogen and oxygen atoms in total. The molecule has 1 saturated carbocycles. The summed E-state index contributed by atoms with van der Waals surface area (Å²) in [4.78, 5) is 16.8. The van der Waals surface area contributed by atoms with Gasteiger partial charge in [-0.05, 0) is 57.5 Å². The van der Waals surface area contributed by atoms with Gasteiger partial charge in [-0.15, -0.1) is 0 Å². The Morgan fingerprint density at radius 2 is 2.05 bits per heavy atom. The predicted octanol–water partition coefficient (Wildman–Crippen LogP) is 2.21. The number of hydrogen-bond donors (Lipinski definition) is 1. The Morgan fingerprint density at radius 3 is 2.67 bits per heavy atom. The van der Waals surface area contributed by atoms with Crippen LogP contribution < -0.4 is 5.32 Å². The van der Waals surface area contributed by atoms with E-state index in [1.165, 1.54) is 24.8 Å². The topological polar surface area (TPSA) is 35.6 Å². The van der Waals surface area contributed by atoms with Crippen LogP contribution in [0.4, 0.5) is 5.69 Å². The van der Waals surface area contributed by atoms with Gasteiger partial charge in [-0.3, -0.25) is 4.79 Å². The number of benzene rings is 1.